The summed E-state index contributed by atoms with van der Waals surface area (Å²) < 4.78 is 46.4. The molecule has 1 aromatic rings. The summed E-state index contributed by atoms with van der Waals surface area (Å²) in [4.78, 5) is 25.1. The zero-order valence-corrected chi connectivity index (χ0v) is 35.3. The third kappa shape index (κ3) is 25.7. The highest BCUT2D eigenvalue weighted by Gasteiger charge is 2.43. The molecule has 2 rings (SSSR count). The van der Waals surface area contributed by atoms with Crippen LogP contribution in [0.4, 0.5) is 8.78 Å². The molecule has 1 saturated carbocycles. The number of esters is 2. The van der Waals surface area contributed by atoms with Gasteiger partial charge in [-0.2, -0.15) is 8.78 Å². The molecule has 0 saturated heterocycles. The molecular weight excluding hydrogens is 723 g/mol. The van der Waals surface area contributed by atoms with E-state index in [-0.39, 0.29) is 24.3 Å². The van der Waals surface area contributed by atoms with Crippen molar-refractivity contribution >= 4 is 11.9 Å². The topological polar surface area (TPSA) is 82.1 Å². The van der Waals surface area contributed by atoms with Crippen molar-refractivity contribution in [2.75, 3.05) is 13.2 Å². The van der Waals surface area contributed by atoms with E-state index in [2.05, 4.69) is 25.7 Å². The van der Waals surface area contributed by atoms with E-state index in [9.17, 15) is 23.5 Å². The second-order valence-corrected chi connectivity index (χ2v) is 15.8. The van der Waals surface area contributed by atoms with Crippen LogP contribution in [-0.4, -0.2) is 48.4 Å². The predicted molar refractivity (Wildman–Crippen MR) is 229 cm³/mol. The van der Waals surface area contributed by atoms with Gasteiger partial charge in [0, 0.05) is 31.1 Å². The minimum absolute atomic E-state index is 0.189. The highest BCUT2D eigenvalue weighted by atomic mass is 19.3. The van der Waals surface area contributed by atoms with E-state index in [1.165, 1.54) is 70.3 Å². The first-order valence-electron chi connectivity index (χ1n) is 22.4. The number of carbonyl (C=O) groups is 2. The fraction of sp³-hybridized carbons (Fsp3) is 0.673. The van der Waals surface area contributed by atoms with E-state index in [1.807, 2.05) is 18.2 Å². The van der Waals surface area contributed by atoms with Crippen LogP contribution >= 0.6 is 0 Å². The largest absolute Gasteiger partial charge is 0.487 e. The second kappa shape index (κ2) is 32.7. The van der Waals surface area contributed by atoms with Crippen LogP contribution < -0.4 is 4.74 Å². The molecule has 57 heavy (non-hydrogen) atoms. The molecule has 0 bridgehead atoms. The Morgan fingerprint density at radius 1 is 0.754 bits per heavy atom. The Labute approximate surface area is 344 Å². The molecule has 322 valence electrons. The van der Waals surface area contributed by atoms with Crippen molar-refractivity contribution in [3.8, 4) is 5.75 Å². The lowest BCUT2D eigenvalue weighted by Crippen LogP contribution is -2.26. The molecule has 0 heterocycles. The van der Waals surface area contributed by atoms with Crippen molar-refractivity contribution in [1.82, 2.24) is 0 Å². The van der Waals surface area contributed by atoms with Gasteiger partial charge in [-0.05, 0) is 88.8 Å². The number of hydrogen-bond acceptors (Lipinski definition) is 6. The number of benzene rings is 1. The van der Waals surface area contributed by atoms with Crippen LogP contribution in [0.3, 0.4) is 0 Å². The number of allylic oxidation sites excluding steroid dienone is 5. The first-order valence-corrected chi connectivity index (χ1v) is 22.4. The molecule has 1 aliphatic rings. The summed E-state index contributed by atoms with van der Waals surface area (Å²) in [6.45, 7) is 5.63. The smallest absolute Gasteiger partial charge is 0.306 e. The molecule has 1 aliphatic carbocycles. The summed E-state index contributed by atoms with van der Waals surface area (Å²) in [5.41, 5.74) is 0. The highest BCUT2D eigenvalue weighted by molar-refractivity contribution is 5.69. The Hall–Kier alpha value is -3.26. The molecular formula is C49H76F2O6. The van der Waals surface area contributed by atoms with Gasteiger partial charge in [-0.1, -0.05) is 132 Å². The number of para-hydroxylation sites is 1. The average Bonchev–Trinajstić information content (AvgIpc) is 3.49. The second-order valence-electron chi connectivity index (χ2n) is 15.8. The number of rotatable bonds is 35. The van der Waals surface area contributed by atoms with Crippen molar-refractivity contribution in [3.05, 3.63) is 79.4 Å². The fourth-order valence-corrected chi connectivity index (χ4v) is 7.30. The number of alkyl halides is 2. The zero-order chi connectivity index (χ0) is 41.2. The monoisotopic (exact) mass is 799 g/mol. The van der Waals surface area contributed by atoms with Gasteiger partial charge in [0.05, 0.1) is 12.7 Å². The quantitative estimate of drug-likeness (QED) is 0.0418. The van der Waals surface area contributed by atoms with E-state index in [4.69, 9.17) is 14.2 Å². The van der Waals surface area contributed by atoms with E-state index in [1.54, 1.807) is 30.3 Å². The maximum Gasteiger partial charge on any atom is 0.306 e. The normalized spacial score (nSPS) is 18.5. The molecule has 0 aromatic heterocycles. The lowest BCUT2D eigenvalue weighted by molar-refractivity contribution is -0.151. The Morgan fingerprint density at radius 3 is 2.02 bits per heavy atom. The summed E-state index contributed by atoms with van der Waals surface area (Å²) in [6.07, 6.45) is 35.4. The number of aliphatic hydroxyl groups is 1. The minimum atomic E-state index is -3.25. The van der Waals surface area contributed by atoms with E-state index >= 15 is 0 Å². The van der Waals surface area contributed by atoms with Crippen LogP contribution in [0, 0.1) is 11.8 Å². The van der Waals surface area contributed by atoms with Crippen molar-refractivity contribution in [2.24, 2.45) is 11.8 Å². The molecule has 0 aliphatic heterocycles. The van der Waals surface area contributed by atoms with Crippen LogP contribution in [0.1, 0.15) is 167 Å². The summed E-state index contributed by atoms with van der Waals surface area (Å²) in [6, 6.07) is 8.46. The zero-order valence-electron chi connectivity index (χ0n) is 35.3. The summed E-state index contributed by atoms with van der Waals surface area (Å²) in [7, 11) is 0. The third-order valence-electron chi connectivity index (χ3n) is 10.7. The molecule has 1 fully saturated rings. The van der Waals surface area contributed by atoms with Gasteiger partial charge in [-0.25, -0.2) is 0 Å². The number of aliphatic hydroxyl groups excluding tert-OH is 1. The molecule has 0 radical (unpaired) electrons. The summed E-state index contributed by atoms with van der Waals surface area (Å²) in [5.74, 6) is -4.39. The lowest BCUT2D eigenvalue weighted by Gasteiger charge is -2.23. The number of unbranched alkanes of at least 4 members (excludes halogenated alkanes) is 17. The van der Waals surface area contributed by atoms with Crippen molar-refractivity contribution in [3.63, 3.8) is 0 Å². The maximum atomic E-state index is 14.9. The summed E-state index contributed by atoms with van der Waals surface area (Å²) >= 11 is 0. The number of carbonyl (C=O) groups excluding carboxylic acids is 2. The predicted octanol–water partition coefficient (Wildman–Crippen LogP) is 13.4. The van der Waals surface area contributed by atoms with Crippen LogP contribution in [0.5, 0.6) is 5.75 Å². The van der Waals surface area contributed by atoms with Crippen molar-refractivity contribution in [1.29, 1.82) is 0 Å². The number of ether oxygens (including phenoxy) is 3. The molecule has 0 unspecified atom stereocenters. The number of hydrogen-bond donors (Lipinski definition) is 1. The first kappa shape index (κ1) is 49.9. The lowest BCUT2D eigenvalue weighted by atomic mass is 9.89. The molecule has 1 N–H and O–H groups in total. The van der Waals surface area contributed by atoms with Crippen LogP contribution in [0.15, 0.2) is 79.4 Å². The van der Waals surface area contributed by atoms with Gasteiger partial charge in [0.2, 0.25) is 0 Å². The Bertz CT molecular complexity index is 1260. The molecule has 6 nitrogen and oxygen atoms in total. The molecule has 4 atom stereocenters. The van der Waals surface area contributed by atoms with Crippen molar-refractivity contribution in [2.45, 2.75) is 186 Å². The van der Waals surface area contributed by atoms with Crippen LogP contribution in [-0.2, 0) is 19.1 Å². The third-order valence-corrected chi connectivity index (χ3v) is 10.7. The van der Waals surface area contributed by atoms with Gasteiger partial charge >= 0.3 is 11.9 Å². The summed E-state index contributed by atoms with van der Waals surface area (Å²) in [5, 5.41) is 11.0. The molecule has 0 spiro atoms. The van der Waals surface area contributed by atoms with Gasteiger partial charge in [0.15, 0.2) is 6.61 Å². The van der Waals surface area contributed by atoms with E-state index < -0.39 is 30.7 Å². The van der Waals surface area contributed by atoms with Gasteiger partial charge in [-0.15, -0.1) is 6.58 Å². The molecule has 1 aromatic carbocycles. The standard InChI is InChI=1S/C49H76F2O6/c1-3-5-7-9-11-13-14-15-16-17-18-20-24-31-39-55-47(53)35-29-23-22-28-34-44-43(37-38-49(50,51)41-56-42-32-26-25-27-33-42)45(52)40-46(44)57-48(54)36-30-21-19-12-10-8-6-4-2/h4,13-14,22,25-28,32-33,37-38,43-46,52H,2-3,5-12,15-21,23-24,29-31,34-36,39-41H2,1H3/b14-13-,28-22-,38-37+/t43-,44-,45-,46+/m1/s1. The molecule has 8 heteroatoms. The average molecular weight is 799 g/mol. The first-order chi connectivity index (χ1) is 27.8. The Balaban J connectivity index is 1.74. The van der Waals surface area contributed by atoms with Crippen molar-refractivity contribution < 1.29 is 37.7 Å². The van der Waals surface area contributed by atoms with Gasteiger partial charge in [0.1, 0.15) is 11.9 Å². The van der Waals surface area contributed by atoms with E-state index in [0.29, 0.717) is 44.5 Å². The van der Waals surface area contributed by atoms with E-state index in [0.717, 1.165) is 63.9 Å². The minimum Gasteiger partial charge on any atom is -0.487 e. The van der Waals surface area contributed by atoms with Crippen LogP contribution in [0.2, 0.25) is 0 Å². The maximum absolute atomic E-state index is 14.9. The van der Waals surface area contributed by atoms with Gasteiger partial charge in [0.25, 0.3) is 5.92 Å². The number of halogens is 2. The van der Waals surface area contributed by atoms with Crippen LogP contribution in [0.25, 0.3) is 0 Å². The fourth-order valence-electron chi connectivity index (χ4n) is 7.30. The van der Waals surface area contributed by atoms with Gasteiger partial charge in [-0.3, -0.25) is 9.59 Å². The highest BCUT2D eigenvalue weighted by Crippen LogP contribution is 2.39. The molecule has 0 amide bonds. The Kier molecular flexibility index (Phi) is 28.6. The SMILES string of the molecule is C=CCCCCCCCCC(=O)O[C@H]1C[C@@H](O)[C@H](/C=C/C(F)(F)COc2ccccc2)[C@H]1C/C=C\CCCC(=O)OCCCCCCCC/C=C\CCCCCC. The Morgan fingerprint density at radius 2 is 1.33 bits per heavy atom. The van der Waals surface area contributed by atoms with Gasteiger partial charge < -0.3 is 19.3 Å².